The number of hydrogen-bond donors (Lipinski definition) is 1. The minimum absolute atomic E-state index is 0. The second kappa shape index (κ2) is 6.40. The lowest BCUT2D eigenvalue weighted by molar-refractivity contribution is 0.247. The van der Waals surface area contributed by atoms with E-state index in [2.05, 4.69) is 10.2 Å². The van der Waals surface area contributed by atoms with E-state index in [1.54, 1.807) is 12.1 Å². The molecule has 2 unspecified atom stereocenters. The SMILES string of the molecule is Cl.Fc1cc(Cl)ccc1CN1CCC2CCC(C1)N2. The van der Waals surface area contributed by atoms with E-state index in [4.69, 9.17) is 11.6 Å². The predicted molar refractivity (Wildman–Crippen MR) is 78.5 cm³/mol. The van der Waals surface area contributed by atoms with Gasteiger partial charge in [-0.3, -0.25) is 4.90 Å². The number of likely N-dealkylation sites (tertiary alicyclic amines) is 1. The largest absolute Gasteiger partial charge is 0.310 e. The van der Waals surface area contributed by atoms with Gasteiger partial charge in [0.2, 0.25) is 0 Å². The first kappa shape index (κ1) is 15.0. The van der Waals surface area contributed by atoms with Crippen molar-refractivity contribution >= 4 is 24.0 Å². The molecule has 0 aliphatic carbocycles. The minimum atomic E-state index is -0.190. The van der Waals surface area contributed by atoms with Gasteiger partial charge < -0.3 is 5.32 Å². The lowest BCUT2D eigenvalue weighted by atomic mass is 10.1. The van der Waals surface area contributed by atoms with Gasteiger partial charge in [0.15, 0.2) is 0 Å². The zero-order valence-electron chi connectivity index (χ0n) is 10.7. The van der Waals surface area contributed by atoms with Crippen LogP contribution in [0.5, 0.6) is 0 Å². The third kappa shape index (κ3) is 3.60. The highest BCUT2D eigenvalue weighted by molar-refractivity contribution is 6.30. The van der Waals surface area contributed by atoms with E-state index in [1.807, 2.05) is 0 Å². The summed E-state index contributed by atoms with van der Waals surface area (Å²) in [5.74, 6) is -0.190. The highest BCUT2D eigenvalue weighted by Crippen LogP contribution is 2.22. The summed E-state index contributed by atoms with van der Waals surface area (Å²) >= 11 is 5.77. The van der Waals surface area contributed by atoms with Gasteiger partial charge in [-0.1, -0.05) is 17.7 Å². The third-order valence-corrected chi connectivity index (χ3v) is 4.25. The fraction of sp³-hybridized carbons (Fsp3) is 0.571. The maximum atomic E-state index is 13.8. The van der Waals surface area contributed by atoms with Crippen molar-refractivity contribution in [3.63, 3.8) is 0 Å². The van der Waals surface area contributed by atoms with Crippen LogP contribution in [-0.2, 0) is 6.54 Å². The molecule has 2 saturated heterocycles. The molecule has 0 saturated carbocycles. The van der Waals surface area contributed by atoms with Crippen LogP contribution in [0, 0.1) is 5.82 Å². The zero-order chi connectivity index (χ0) is 12.5. The van der Waals surface area contributed by atoms with E-state index in [9.17, 15) is 4.39 Å². The van der Waals surface area contributed by atoms with Crippen molar-refractivity contribution in [2.45, 2.75) is 37.9 Å². The van der Waals surface area contributed by atoms with E-state index in [1.165, 1.54) is 25.3 Å². The normalized spacial score (nSPS) is 26.8. The molecule has 2 fully saturated rings. The van der Waals surface area contributed by atoms with Crippen LogP contribution < -0.4 is 5.32 Å². The fourth-order valence-electron chi connectivity index (χ4n) is 3.05. The first-order chi connectivity index (χ1) is 8.70. The summed E-state index contributed by atoms with van der Waals surface area (Å²) in [5.41, 5.74) is 0.747. The van der Waals surface area contributed by atoms with Gasteiger partial charge in [0.05, 0.1) is 0 Å². The molecule has 0 radical (unpaired) electrons. The maximum absolute atomic E-state index is 13.8. The van der Waals surface area contributed by atoms with Gasteiger partial charge in [-0.15, -0.1) is 12.4 Å². The average molecular weight is 305 g/mol. The van der Waals surface area contributed by atoms with Gasteiger partial charge in [0.1, 0.15) is 5.82 Å². The van der Waals surface area contributed by atoms with Crippen molar-refractivity contribution < 1.29 is 4.39 Å². The van der Waals surface area contributed by atoms with Gasteiger partial charge in [-0.05, 0) is 31.4 Å². The van der Waals surface area contributed by atoms with Crippen LogP contribution in [0.1, 0.15) is 24.8 Å². The summed E-state index contributed by atoms with van der Waals surface area (Å²) in [6.07, 6.45) is 3.73. The van der Waals surface area contributed by atoms with Crippen molar-refractivity contribution in [1.82, 2.24) is 10.2 Å². The van der Waals surface area contributed by atoms with Crippen molar-refractivity contribution in [2.75, 3.05) is 13.1 Å². The molecule has 1 aromatic rings. The van der Waals surface area contributed by atoms with Gasteiger partial charge in [-0.25, -0.2) is 4.39 Å². The Balaban J connectivity index is 0.00000133. The van der Waals surface area contributed by atoms with E-state index >= 15 is 0 Å². The summed E-state index contributed by atoms with van der Waals surface area (Å²) in [7, 11) is 0. The molecule has 5 heteroatoms. The van der Waals surface area contributed by atoms with Gasteiger partial charge in [0.25, 0.3) is 0 Å². The van der Waals surface area contributed by atoms with Crippen LogP contribution >= 0.6 is 24.0 Å². The van der Waals surface area contributed by atoms with E-state index < -0.39 is 0 Å². The third-order valence-electron chi connectivity index (χ3n) is 4.02. The van der Waals surface area contributed by atoms with Crippen LogP contribution in [0.4, 0.5) is 4.39 Å². The fourth-order valence-corrected chi connectivity index (χ4v) is 3.21. The number of halogens is 3. The topological polar surface area (TPSA) is 15.3 Å². The molecule has 2 bridgehead atoms. The molecule has 2 nitrogen and oxygen atoms in total. The Labute approximate surface area is 124 Å². The van der Waals surface area contributed by atoms with Gasteiger partial charge in [-0.2, -0.15) is 0 Å². The van der Waals surface area contributed by atoms with Crippen molar-refractivity contribution in [2.24, 2.45) is 0 Å². The summed E-state index contributed by atoms with van der Waals surface area (Å²) < 4.78 is 13.8. The Hall–Kier alpha value is -0.350. The molecule has 3 rings (SSSR count). The molecule has 106 valence electrons. The first-order valence-corrected chi connectivity index (χ1v) is 7.01. The predicted octanol–water partition coefficient (Wildman–Crippen LogP) is 3.23. The van der Waals surface area contributed by atoms with E-state index in [0.717, 1.165) is 18.7 Å². The molecule has 0 amide bonds. The summed E-state index contributed by atoms with van der Waals surface area (Å²) in [6, 6.07) is 6.23. The van der Waals surface area contributed by atoms with Crippen LogP contribution in [0.2, 0.25) is 5.02 Å². The quantitative estimate of drug-likeness (QED) is 0.902. The van der Waals surface area contributed by atoms with Crippen LogP contribution in [0.15, 0.2) is 18.2 Å². The molecule has 2 atom stereocenters. The number of benzene rings is 1. The molecule has 2 heterocycles. The molecule has 1 N–H and O–H groups in total. The molecular weight excluding hydrogens is 286 g/mol. The Morgan fingerprint density at radius 3 is 2.84 bits per heavy atom. The molecule has 1 aromatic carbocycles. The number of nitrogens with zero attached hydrogens (tertiary/aromatic N) is 1. The van der Waals surface area contributed by atoms with Crippen molar-refractivity contribution in [3.05, 3.63) is 34.6 Å². The van der Waals surface area contributed by atoms with Gasteiger partial charge in [0, 0.05) is 42.3 Å². The second-order valence-electron chi connectivity index (χ2n) is 5.40. The van der Waals surface area contributed by atoms with Crippen LogP contribution in [-0.4, -0.2) is 30.1 Å². The molecule has 0 spiro atoms. The summed E-state index contributed by atoms with van der Waals surface area (Å²) in [4.78, 5) is 2.35. The van der Waals surface area contributed by atoms with Crippen LogP contribution in [0.25, 0.3) is 0 Å². The smallest absolute Gasteiger partial charge is 0.129 e. The Kier molecular flexibility index (Phi) is 5.07. The Bertz CT molecular complexity index is 441. The molecule has 2 aliphatic rings. The van der Waals surface area contributed by atoms with Gasteiger partial charge >= 0.3 is 0 Å². The van der Waals surface area contributed by atoms with E-state index in [0.29, 0.717) is 23.7 Å². The highest BCUT2D eigenvalue weighted by Gasteiger charge is 2.29. The molecule has 0 aromatic heterocycles. The van der Waals surface area contributed by atoms with Crippen molar-refractivity contribution in [3.8, 4) is 0 Å². The summed E-state index contributed by atoms with van der Waals surface area (Å²) in [5, 5.41) is 4.10. The maximum Gasteiger partial charge on any atom is 0.129 e. The second-order valence-corrected chi connectivity index (χ2v) is 5.83. The Morgan fingerprint density at radius 1 is 1.26 bits per heavy atom. The molecular formula is C14H19Cl2FN2. The monoisotopic (exact) mass is 304 g/mol. The minimum Gasteiger partial charge on any atom is -0.310 e. The highest BCUT2D eigenvalue weighted by atomic mass is 35.5. The zero-order valence-corrected chi connectivity index (χ0v) is 12.3. The lowest BCUT2D eigenvalue weighted by Gasteiger charge is -2.24. The standard InChI is InChI=1S/C14H18ClFN2.ClH/c15-11-2-1-10(14(16)7-11)8-18-6-5-12-3-4-13(9-18)17-12;/h1-2,7,12-13,17H,3-6,8-9H2;1H. The number of rotatable bonds is 2. The molecule has 19 heavy (non-hydrogen) atoms. The number of hydrogen-bond acceptors (Lipinski definition) is 2. The molecule has 2 aliphatic heterocycles. The first-order valence-electron chi connectivity index (χ1n) is 6.63. The van der Waals surface area contributed by atoms with Crippen molar-refractivity contribution in [1.29, 1.82) is 0 Å². The lowest BCUT2D eigenvalue weighted by Crippen LogP contribution is -2.35. The van der Waals surface area contributed by atoms with Crippen LogP contribution in [0.3, 0.4) is 0 Å². The number of fused-ring (bicyclic) bond motifs is 2. The van der Waals surface area contributed by atoms with E-state index in [-0.39, 0.29) is 18.2 Å². The number of nitrogens with one attached hydrogen (secondary N) is 1. The summed E-state index contributed by atoms with van der Waals surface area (Å²) in [6.45, 7) is 2.77. The average Bonchev–Trinajstić information content (AvgIpc) is 2.66. The Morgan fingerprint density at radius 2 is 2.05 bits per heavy atom.